The van der Waals surface area contributed by atoms with E-state index in [-0.39, 0.29) is 11.9 Å². The predicted octanol–water partition coefficient (Wildman–Crippen LogP) is 4.68. The lowest BCUT2D eigenvalue weighted by Crippen LogP contribution is -2.47. The lowest BCUT2D eigenvalue weighted by molar-refractivity contribution is -0.133. The Bertz CT molecular complexity index is 1070. The van der Waals surface area contributed by atoms with E-state index in [0.29, 0.717) is 6.42 Å². The number of hydrogen-bond acceptors (Lipinski definition) is 3. The predicted molar refractivity (Wildman–Crippen MR) is 135 cm³/mol. The molecule has 1 atom stereocenters. The molecule has 3 aromatic rings. The molecule has 0 N–H and O–H groups in total. The van der Waals surface area contributed by atoms with E-state index in [4.69, 9.17) is 0 Å². The van der Waals surface area contributed by atoms with Crippen molar-refractivity contribution in [2.45, 2.75) is 25.8 Å². The SMILES string of the molecule is Cc1ccc(C2c3ccccc3CC(=O)N2CCCN2CCN(c3ccccc3)CC2)cc1. The summed E-state index contributed by atoms with van der Waals surface area (Å²) in [6, 6.07) is 27.8. The molecule has 2 aliphatic rings. The highest BCUT2D eigenvalue weighted by Crippen LogP contribution is 2.35. The third-order valence-electron chi connectivity index (χ3n) is 7.08. The zero-order chi connectivity index (χ0) is 22.6. The minimum absolute atomic E-state index is 0.0120. The molecule has 4 heteroatoms. The Hall–Kier alpha value is -3.11. The van der Waals surface area contributed by atoms with E-state index in [9.17, 15) is 4.79 Å². The first kappa shape index (κ1) is 21.7. The molecule has 1 unspecified atom stereocenters. The van der Waals surface area contributed by atoms with Crippen LogP contribution in [0.3, 0.4) is 0 Å². The number of benzene rings is 3. The summed E-state index contributed by atoms with van der Waals surface area (Å²) < 4.78 is 0. The lowest BCUT2D eigenvalue weighted by Gasteiger charge is -2.39. The maximum absolute atomic E-state index is 13.2. The molecular formula is C29H33N3O. The van der Waals surface area contributed by atoms with Crippen molar-refractivity contribution < 1.29 is 4.79 Å². The van der Waals surface area contributed by atoms with Crippen LogP contribution in [0.25, 0.3) is 0 Å². The fourth-order valence-corrected chi connectivity index (χ4v) is 5.23. The number of carbonyl (C=O) groups is 1. The fourth-order valence-electron chi connectivity index (χ4n) is 5.23. The van der Waals surface area contributed by atoms with Crippen LogP contribution < -0.4 is 4.90 Å². The molecule has 0 radical (unpaired) electrons. The van der Waals surface area contributed by atoms with Gasteiger partial charge in [0, 0.05) is 38.4 Å². The number of piperazine rings is 1. The number of amides is 1. The smallest absolute Gasteiger partial charge is 0.227 e. The van der Waals surface area contributed by atoms with E-state index in [1.165, 1.54) is 27.9 Å². The molecule has 0 aliphatic carbocycles. The molecule has 1 amide bonds. The number of rotatable bonds is 6. The van der Waals surface area contributed by atoms with Crippen LogP contribution in [-0.4, -0.2) is 55.0 Å². The van der Waals surface area contributed by atoms with Crippen molar-refractivity contribution in [2.24, 2.45) is 0 Å². The summed E-state index contributed by atoms with van der Waals surface area (Å²) in [6.07, 6.45) is 1.51. The standard InChI is InChI=1S/C29H33N3O/c1-23-12-14-24(15-13-23)29-27-11-6-5-8-25(27)22-28(33)32(29)17-7-16-30-18-20-31(21-19-30)26-9-3-2-4-10-26/h2-6,8-15,29H,7,16-22H2,1H3. The van der Waals surface area contributed by atoms with E-state index in [1.54, 1.807) is 0 Å². The molecule has 1 saturated heterocycles. The van der Waals surface area contributed by atoms with Crippen molar-refractivity contribution in [3.63, 3.8) is 0 Å². The number of para-hydroxylation sites is 1. The number of nitrogens with zero attached hydrogens (tertiary/aromatic N) is 3. The topological polar surface area (TPSA) is 26.8 Å². The summed E-state index contributed by atoms with van der Waals surface area (Å²) in [5.41, 5.74) is 6.21. The van der Waals surface area contributed by atoms with Gasteiger partial charge in [0.2, 0.25) is 5.91 Å². The van der Waals surface area contributed by atoms with Crippen LogP contribution in [0.2, 0.25) is 0 Å². The van der Waals surface area contributed by atoms with Gasteiger partial charge in [0.15, 0.2) is 0 Å². The van der Waals surface area contributed by atoms with E-state index in [1.807, 2.05) is 6.07 Å². The van der Waals surface area contributed by atoms with E-state index < -0.39 is 0 Å². The lowest BCUT2D eigenvalue weighted by atomic mass is 9.87. The molecule has 0 spiro atoms. The maximum Gasteiger partial charge on any atom is 0.227 e. The maximum atomic E-state index is 13.2. The van der Waals surface area contributed by atoms with Crippen molar-refractivity contribution in [1.82, 2.24) is 9.80 Å². The second-order valence-corrected chi connectivity index (χ2v) is 9.29. The molecule has 33 heavy (non-hydrogen) atoms. The number of anilines is 1. The molecule has 0 bridgehead atoms. The van der Waals surface area contributed by atoms with Gasteiger partial charge in [-0.25, -0.2) is 0 Å². The van der Waals surface area contributed by atoms with Gasteiger partial charge in [-0.05, 0) is 48.7 Å². The molecule has 170 valence electrons. The van der Waals surface area contributed by atoms with Crippen LogP contribution in [-0.2, 0) is 11.2 Å². The van der Waals surface area contributed by atoms with Crippen LogP contribution in [0.5, 0.6) is 0 Å². The van der Waals surface area contributed by atoms with Crippen LogP contribution in [0.1, 0.15) is 34.7 Å². The second kappa shape index (κ2) is 9.80. The van der Waals surface area contributed by atoms with Crippen LogP contribution in [0.4, 0.5) is 5.69 Å². The molecule has 2 heterocycles. The molecule has 1 fully saturated rings. The minimum atomic E-state index is 0.0120. The first-order valence-corrected chi connectivity index (χ1v) is 12.2. The van der Waals surface area contributed by atoms with E-state index >= 15 is 0 Å². The van der Waals surface area contributed by atoms with Crippen LogP contribution in [0, 0.1) is 6.92 Å². The first-order valence-electron chi connectivity index (χ1n) is 12.2. The summed E-state index contributed by atoms with van der Waals surface area (Å²) in [5.74, 6) is 0.244. The molecule has 0 aromatic heterocycles. The number of carbonyl (C=O) groups excluding carboxylic acids is 1. The van der Waals surface area contributed by atoms with Gasteiger partial charge in [-0.15, -0.1) is 0 Å². The third kappa shape index (κ3) is 4.81. The van der Waals surface area contributed by atoms with Crippen molar-refractivity contribution in [3.8, 4) is 0 Å². The van der Waals surface area contributed by atoms with Crippen molar-refractivity contribution >= 4 is 11.6 Å². The molecule has 5 rings (SSSR count). The largest absolute Gasteiger partial charge is 0.369 e. The van der Waals surface area contributed by atoms with E-state index in [2.05, 4.69) is 94.4 Å². The fraction of sp³-hybridized carbons (Fsp3) is 0.345. The van der Waals surface area contributed by atoms with Crippen LogP contribution >= 0.6 is 0 Å². The van der Waals surface area contributed by atoms with Crippen LogP contribution in [0.15, 0.2) is 78.9 Å². The summed E-state index contributed by atoms with van der Waals surface area (Å²) in [6.45, 7) is 8.22. The van der Waals surface area contributed by atoms with Gasteiger partial charge in [0.25, 0.3) is 0 Å². The molecule has 4 nitrogen and oxygen atoms in total. The summed E-state index contributed by atoms with van der Waals surface area (Å²) in [4.78, 5) is 20.3. The highest BCUT2D eigenvalue weighted by Gasteiger charge is 2.33. The Kier molecular flexibility index (Phi) is 6.45. The first-order chi connectivity index (χ1) is 16.2. The monoisotopic (exact) mass is 439 g/mol. The Morgan fingerprint density at radius 2 is 1.48 bits per heavy atom. The van der Waals surface area contributed by atoms with E-state index in [0.717, 1.165) is 45.7 Å². The highest BCUT2D eigenvalue weighted by atomic mass is 16.2. The van der Waals surface area contributed by atoms with Gasteiger partial charge >= 0.3 is 0 Å². The van der Waals surface area contributed by atoms with Crippen molar-refractivity contribution in [3.05, 3.63) is 101 Å². The third-order valence-corrected chi connectivity index (χ3v) is 7.08. The average molecular weight is 440 g/mol. The zero-order valence-corrected chi connectivity index (χ0v) is 19.5. The normalized spacial score (nSPS) is 18.9. The second-order valence-electron chi connectivity index (χ2n) is 9.29. The molecular weight excluding hydrogens is 406 g/mol. The summed E-state index contributed by atoms with van der Waals surface area (Å²) in [5, 5.41) is 0. The molecule has 3 aromatic carbocycles. The van der Waals surface area contributed by atoms with Gasteiger partial charge in [-0.3, -0.25) is 9.69 Å². The molecule has 0 saturated carbocycles. The summed E-state index contributed by atoms with van der Waals surface area (Å²) >= 11 is 0. The Morgan fingerprint density at radius 1 is 0.788 bits per heavy atom. The number of hydrogen-bond donors (Lipinski definition) is 0. The van der Waals surface area contributed by atoms with Gasteiger partial charge in [0.05, 0.1) is 12.5 Å². The minimum Gasteiger partial charge on any atom is -0.369 e. The highest BCUT2D eigenvalue weighted by molar-refractivity contribution is 5.82. The van der Waals surface area contributed by atoms with Gasteiger partial charge < -0.3 is 9.80 Å². The Balaban J connectivity index is 1.24. The zero-order valence-electron chi connectivity index (χ0n) is 19.5. The Morgan fingerprint density at radius 3 is 2.24 bits per heavy atom. The van der Waals surface area contributed by atoms with Gasteiger partial charge in [0.1, 0.15) is 0 Å². The number of fused-ring (bicyclic) bond motifs is 1. The Labute approximate surface area is 197 Å². The summed E-state index contributed by atoms with van der Waals surface area (Å²) in [7, 11) is 0. The average Bonchev–Trinajstić information content (AvgIpc) is 2.86. The molecule has 2 aliphatic heterocycles. The number of aryl methyl sites for hydroxylation is 1. The van der Waals surface area contributed by atoms with Gasteiger partial charge in [-0.1, -0.05) is 72.3 Å². The van der Waals surface area contributed by atoms with Gasteiger partial charge in [-0.2, -0.15) is 0 Å². The van der Waals surface area contributed by atoms with Crippen molar-refractivity contribution in [1.29, 1.82) is 0 Å². The van der Waals surface area contributed by atoms with Crippen molar-refractivity contribution in [2.75, 3.05) is 44.2 Å². The quantitative estimate of drug-likeness (QED) is 0.558.